The van der Waals surface area contributed by atoms with Crippen molar-refractivity contribution in [1.82, 2.24) is 19.8 Å². The fourth-order valence-electron chi connectivity index (χ4n) is 1.26. The van der Waals surface area contributed by atoms with Gasteiger partial charge in [-0.2, -0.15) is 22.8 Å². The van der Waals surface area contributed by atoms with Gasteiger partial charge in [-0.15, -0.1) is 22.0 Å². The van der Waals surface area contributed by atoms with E-state index in [0.29, 0.717) is 21.9 Å². The average molecular weight is 278 g/mol. The molecular formula is C9H9F3N4OS. The Morgan fingerprint density at radius 3 is 2.78 bits per heavy atom. The topological polar surface area (TPSA) is 52.3 Å². The standard InChI is InChI=1S/C9H9F3N4OS/c1-17-4-5-18-7-3-2-6-13-14-8(9(10,11)12)16(6)15-7/h2-3H,4-5H2,1H3. The van der Waals surface area contributed by atoms with E-state index in [1.54, 1.807) is 13.2 Å². The first kappa shape index (κ1) is 13.1. The maximum absolute atomic E-state index is 12.6. The number of fused-ring (bicyclic) bond motifs is 1. The predicted octanol–water partition coefficient (Wildman–Crippen LogP) is 1.88. The highest BCUT2D eigenvalue weighted by Crippen LogP contribution is 2.27. The minimum absolute atomic E-state index is 0.0680. The van der Waals surface area contributed by atoms with Crippen LogP contribution < -0.4 is 0 Å². The van der Waals surface area contributed by atoms with Crippen LogP contribution in [-0.2, 0) is 10.9 Å². The molecule has 0 aromatic carbocycles. The second-order valence-electron chi connectivity index (χ2n) is 3.30. The van der Waals surface area contributed by atoms with Crippen LogP contribution in [0.15, 0.2) is 17.2 Å². The van der Waals surface area contributed by atoms with E-state index < -0.39 is 12.0 Å². The first-order chi connectivity index (χ1) is 8.52. The first-order valence-electron chi connectivity index (χ1n) is 4.94. The second kappa shape index (κ2) is 5.11. The molecule has 0 aliphatic rings. The summed E-state index contributed by atoms with van der Waals surface area (Å²) in [5.41, 5.74) is 0.0680. The molecule has 0 amide bonds. The van der Waals surface area contributed by atoms with Crippen molar-refractivity contribution in [3.8, 4) is 0 Å². The quantitative estimate of drug-likeness (QED) is 0.631. The summed E-state index contributed by atoms with van der Waals surface area (Å²) in [7, 11) is 1.55. The number of alkyl halides is 3. The third-order valence-corrected chi connectivity index (χ3v) is 2.91. The van der Waals surface area contributed by atoms with Gasteiger partial charge < -0.3 is 4.74 Å². The second-order valence-corrected chi connectivity index (χ2v) is 4.42. The van der Waals surface area contributed by atoms with Crippen LogP contribution in [0, 0.1) is 0 Å². The van der Waals surface area contributed by atoms with Crippen LogP contribution in [-0.4, -0.2) is 39.3 Å². The lowest BCUT2D eigenvalue weighted by Crippen LogP contribution is -2.12. The normalized spacial score (nSPS) is 12.2. The molecule has 0 spiro atoms. The van der Waals surface area contributed by atoms with Gasteiger partial charge in [0.1, 0.15) is 5.03 Å². The van der Waals surface area contributed by atoms with Crippen LogP contribution in [0.3, 0.4) is 0 Å². The van der Waals surface area contributed by atoms with Crippen molar-refractivity contribution in [2.45, 2.75) is 11.2 Å². The maximum atomic E-state index is 12.6. The summed E-state index contributed by atoms with van der Waals surface area (Å²) in [5, 5.41) is 10.8. The number of nitrogens with zero attached hydrogens (tertiary/aromatic N) is 4. The lowest BCUT2D eigenvalue weighted by atomic mass is 10.5. The third kappa shape index (κ3) is 2.72. The molecule has 2 aromatic rings. The van der Waals surface area contributed by atoms with Gasteiger partial charge in [-0.25, -0.2) is 0 Å². The Kier molecular flexibility index (Phi) is 3.71. The maximum Gasteiger partial charge on any atom is 0.453 e. The fraction of sp³-hybridized carbons (Fsp3) is 0.444. The molecule has 2 aromatic heterocycles. The largest absolute Gasteiger partial charge is 0.453 e. The highest BCUT2D eigenvalue weighted by atomic mass is 32.2. The molecule has 9 heteroatoms. The molecule has 0 aliphatic heterocycles. The summed E-state index contributed by atoms with van der Waals surface area (Å²) >= 11 is 1.30. The number of rotatable bonds is 4. The number of aromatic nitrogens is 4. The Morgan fingerprint density at radius 1 is 1.33 bits per heavy atom. The molecule has 98 valence electrons. The Hall–Kier alpha value is -1.35. The highest BCUT2D eigenvalue weighted by molar-refractivity contribution is 7.99. The van der Waals surface area contributed by atoms with E-state index in [4.69, 9.17) is 4.74 Å². The molecule has 0 N–H and O–H groups in total. The van der Waals surface area contributed by atoms with Crippen molar-refractivity contribution in [3.63, 3.8) is 0 Å². The van der Waals surface area contributed by atoms with E-state index in [1.165, 1.54) is 17.8 Å². The van der Waals surface area contributed by atoms with Gasteiger partial charge in [0, 0.05) is 12.9 Å². The lowest BCUT2D eigenvalue weighted by Gasteiger charge is -2.04. The van der Waals surface area contributed by atoms with Gasteiger partial charge in [-0.1, -0.05) is 0 Å². The van der Waals surface area contributed by atoms with Gasteiger partial charge in [0.15, 0.2) is 5.65 Å². The number of thioether (sulfide) groups is 1. The van der Waals surface area contributed by atoms with Crippen LogP contribution >= 0.6 is 11.8 Å². The number of halogens is 3. The van der Waals surface area contributed by atoms with Crippen LogP contribution in [0.1, 0.15) is 5.82 Å². The molecular weight excluding hydrogens is 269 g/mol. The predicted molar refractivity (Wildman–Crippen MR) is 58.4 cm³/mol. The molecule has 18 heavy (non-hydrogen) atoms. The molecule has 5 nitrogen and oxygen atoms in total. The Morgan fingerprint density at radius 2 is 2.11 bits per heavy atom. The molecule has 0 bridgehead atoms. The van der Waals surface area contributed by atoms with Crippen molar-refractivity contribution in [2.24, 2.45) is 0 Å². The van der Waals surface area contributed by atoms with Crippen LogP contribution in [0.4, 0.5) is 13.2 Å². The minimum Gasteiger partial charge on any atom is -0.384 e. The highest BCUT2D eigenvalue weighted by Gasteiger charge is 2.37. The van der Waals surface area contributed by atoms with Crippen molar-refractivity contribution in [3.05, 3.63) is 18.0 Å². The summed E-state index contributed by atoms with van der Waals surface area (Å²) < 4.78 is 43.4. The zero-order valence-electron chi connectivity index (χ0n) is 9.31. The van der Waals surface area contributed by atoms with Crippen LogP contribution in [0.5, 0.6) is 0 Å². The van der Waals surface area contributed by atoms with Gasteiger partial charge in [-0.3, -0.25) is 0 Å². The first-order valence-corrected chi connectivity index (χ1v) is 5.92. The van der Waals surface area contributed by atoms with Gasteiger partial charge >= 0.3 is 6.18 Å². The summed E-state index contributed by atoms with van der Waals surface area (Å²) in [4.78, 5) is 0. The molecule has 0 fully saturated rings. The zero-order chi connectivity index (χ0) is 13.2. The molecule has 0 radical (unpaired) electrons. The molecule has 0 saturated carbocycles. The third-order valence-electron chi connectivity index (χ3n) is 2.03. The molecule has 2 rings (SSSR count). The summed E-state index contributed by atoms with van der Waals surface area (Å²) in [6, 6.07) is 3.05. The molecule has 0 aliphatic carbocycles. The Labute approximate surface area is 104 Å². The van der Waals surface area contributed by atoms with Gasteiger partial charge in [-0.05, 0) is 12.1 Å². The number of ether oxygens (including phenoxy) is 1. The molecule has 0 unspecified atom stereocenters. The van der Waals surface area contributed by atoms with Crippen LogP contribution in [0.2, 0.25) is 0 Å². The van der Waals surface area contributed by atoms with E-state index >= 15 is 0 Å². The van der Waals surface area contributed by atoms with Gasteiger partial charge in [0.2, 0.25) is 0 Å². The van der Waals surface area contributed by atoms with E-state index in [-0.39, 0.29) is 5.65 Å². The summed E-state index contributed by atoms with van der Waals surface area (Å²) in [5.74, 6) is -0.509. The van der Waals surface area contributed by atoms with Crippen molar-refractivity contribution in [1.29, 1.82) is 0 Å². The zero-order valence-corrected chi connectivity index (χ0v) is 10.1. The molecule has 0 saturated heterocycles. The van der Waals surface area contributed by atoms with E-state index in [0.717, 1.165) is 0 Å². The monoisotopic (exact) mass is 278 g/mol. The SMILES string of the molecule is COCCSc1ccc2nnc(C(F)(F)F)n2n1. The van der Waals surface area contributed by atoms with E-state index in [9.17, 15) is 13.2 Å². The number of hydrogen-bond donors (Lipinski definition) is 0. The average Bonchev–Trinajstić information content (AvgIpc) is 2.72. The van der Waals surface area contributed by atoms with Crippen molar-refractivity contribution >= 4 is 17.4 Å². The van der Waals surface area contributed by atoms with E-state index in [1.807, 2.05) is 0 Å². The van der Waals surface area contributed by atoms with Gasteiger partial charge in [0.05, 0.1) is 6.61 Å². The van der Waals surface area contributed by atoms with Crippen LogP contribution in [0.25, 0.3) is 5.65 Å². The lowest BCUT2D eigenvalue weighted by molar-refractivity contribution is -0.146. The number of methoxy groups -OCH3 is 1. The summed E-state index contributed by atoms with van der Waals surface area (Å²) in [6.07, 6.45) is -4.57. The molecule has 0 atom stereocenters. The van der Waals surface area contributed by atoms with Gasteiger partial charge in [0.25, 0.3) is 5.82 Å². The Balaban J connectivity index is 2.31. The molecule has 2 heterocycles. The smallest absolute Gasteiger partial charge is 0.384 e. The summed E-state index contributed by atoms with van der Waals surface area (Å²) in [6.45, 7) is 0.499. The Bertz CT molecular complexity index is 542. The minimum atomic E-state index is -4.57. The van der Waals surface area contributed by atoms with Crippen molar-refractivity contribution in [2.75, 3.05) is 19.5 Å². The number of hydrogen-bond acceptors (Lipinski definition) is 5. The van der Waals surface area contributed by atoms with Crippen molar-refractivity contribution < 1.29 is 17.9 Å². The fourth-order valence-corrected chi connectivity index (χ4v) is 2.02. The van der Waals surface area contributed by atoms with E-state index in [2.05, 4.69) is 15.3 Å².